The topological polar surface area (TPSA) is 92.8 Å². The number of anilines is 1. The van der Waals surface area contributed by atoms with E-state index >= 15 is 0 Å². The standard InChI is InChI=1S/C21H15ClF3N5O2/c22-16-6-5-13(9-15(16)21(23,24)25)30-17(31)7-4-12-2-1-3-14(8-12)32-20-18-19(27-10-26-18)28-11-29-20/h1-3,5-6,8-11H,4,7H2,(H,30,31)(H,26,27,28,29). The van der Waals surface area contributed by atoms with E-state index in [1.165, 1.54) is 18.7 Å². The van der Waals surface area contributed by atoms with Crippen molar-refractivity contribution in [2.45, 2.75) is 19.0 Å². The second-order valence-corrected chi connectivity index (χ2v) is 7.18. The van der Waals surface area contributed by atoms with E-state index in [2.05, 4.69) is 25.3 Å². The van der Waals surface area contributed by atoms with E-state index in [1.54, 1.807) is 18.2 Å². The van der Waals surface area contributed by atoms with Gasteiger partial charge < -0.3 is 15.0 Å². The van der Waals surface area contributed by atoms with Crippen LogP contribution < -0.4 is 10.1 Å². The zero-order valence-corrected chi connectivity index (χ0v) is 17.0. The maximum Gasteiger partial charge on any atom is 0.417 e. The Morgan fingerprint density at radius 2 is 1.97 bits per heavy atom. The molecule has 0 unspecified atom stereocenters. The van der Waals surface area contributed by atoms with Crippen molar-refractivity contribution in [2.24, 2.45) is 0 Å². The smallest absolute Gasteiger partial charge is 0.417 e. The van der Waals surface area contributed by atoms with Gasteiger partial charge in [-0.3, -0.25) is 4.79 Å². The third-order valence-corrected chi connectivity index (χ3v) is 4.83. The number of halogens is 4. The zero-order chi connectivity index (χ0) is 22.7. The van der Waals surface area contributed by atoms with Crippen molar-refractivity contribution < 1.29 is 22.7 Å². The van der Waals surface area contributed by atoms with E-state index in [0.717, 1.165) is 17.7 Å². The molecule has 2 heterocycles. The van der Waals surface area contributed by atoms with Crippen LogP contribution in [0.5, 0.6) is 11.6 Å². The van der Waals surface area contributed by atoms with Gasteiger partial charge in [-0.15, -0.1) is 0 Å². The number of aromatic nitrogens is 4. The van der Waals surface area contributed by atoms with Crippen molar-refractivity contribution >= 4 is 34.4 Å². The Labute approximate surface area is 184 Å². The van der Waals surface area contributed by atoms with Gasteiger partial charge in [0.2, 0.25) is 11.8 Å². The first-order valence-corrected chi connectivity index (χ1v) is 9.75. The number of benzene rings is 2. The van der Waals surface area contributed by atoms with E-state index in [1.807, 2.05) is 6.07 Å². The number of nitrogens with zero attached hydrogens (tertiary/aromatic N) is 3. The number of ether oxygens (including phenoxy) is 1. The van der Waals surface area contributed by atoms with Crippen LogP contribution in [-0.4, -0.2) is 25.8 Å². The summed E-state index contributed by atoms with van der Waals surface area (Å²) in [6.45, 7) is 0. The van der Waals surface area contributed by atoms with Crippen LogP contribution >= 0.6 is 11.6 Å². The number of carbonyl (C=O) groups excluding carboxylic acids is 1. The van der Waals surface area contributed by atoms with E-state index in [4.69, 9.17) is 16.3 Å². The Bertz CT molecular complexity index is 1280. The van der Waals surface area contributed by atoms with Crippen molar-refractivity contribution in [3.63, 3.8) is 0 Å². The van der Waals surface area contributed by atoms with Gasteiger partial charge in [0.15, 0.2) is 5.65 Å². The van der Waals surface area contributed by atoms with Gasteiger partial charge in [0, 0.05) is 12.1 Å². The number of H-pyrrole nitrogens is 1. The second kappa shape index (κ2) is 8.83. The molecule has 0 saturated carbocycles. The van der Waals surface area contributed by atoms with E-state index < -0.39 is 22.7 Å². The molecule has 0 bridgehead atoms. The number of rotatable bonds is 6. The molecule has 0 fully saturated rings. The molecule has 4 aromatic rings. The van der Waals surface area contributed by atoms with Gasteiger partial charge in [-0.2, -0.15) is 18.2 Å². The lowest BCUT2D eigenvalue weighted by atomic mass is 10.1. The summed E-state index contributed by atoms with van der Waals surface area (Å²) in [6.07, 6.45) is -1.37. The van der Waals surface area contributed by atoms with Crippen molar-refractivity contribution in [3.8, 4) is 11.6 Å². The number of amides is 1. The Hall–Kier alpha value is -3.66. The second-order valence-electron chi connectivity index (χ2n) is 6.77. The predicted octanol–water partition coefficient (Wildman–Crippen LogP) is 5.39. The molecule has 0 aliphatic rings. The first-order valence-electron chi connectivity index (χ1n) is 9.37. The molecule has 2 aromatic carbocycles. The van der Waals surface area contributed by atoms with Gasteiger partial charge >= 0.3 is 6.18 Å². The molecule has 0 aliphatic carbocycles. The predicted molar refractivity (Wildman–Crippen MR) is 112 cm³/mol. The third kappa shape index (κ3) is 4.97. The molecule has 0 atom stereocenters. The maximum absolute atomic E-state index is 13.0. The lowest BCUT2D eigenvalue weighted by Gasteiger charge is -2.12. The van der Waals surface area contributed by atoms with Gasteiger partial charge in [-0.1, -0.05) is 23.7 Å². The van der Waals surface area contributed by atoms with Crippen LogP contribution in [0.1, 0.15) is 17.5 Å². The van der Waals surface area contributed by atoms with Crippen LogP contribution in [0.3, 0.4) is 0 Å². The minimum atomic E-state index is -4.61. The van der Waals surface area contributed by atoms with Crippen LogP contribution in [0.2, 0.25) is 5.02 Å². The van der Waals surface area contributed by atoms with E-state index in [0.29, 0.717) is 29.2 Å². The SMILES string of the molecule is O=C(CCc1cccc(Oc2ncnc3nc[nH]c23)c1)Nc1ccc(Cl)c(C(F)(F)F)c1. The summed E-state index contributed by atoms with van der Waals surface area (Å²) in [7, 11) is 0. The summed E-state index contributed by atoms with van der Waals surface area (Å²) < 4.78 is 44.7. The Morgan fingerprint density at radius 3 is 2.78 bits per heavy atom. The summed E-state index contributed by atoms with van der Waals surface area (Å²) >= 11 is 5.60. The number of hydrogen-bond acceptors (Lipinski definition) is 5. The van der Waals surface area contributed by atoms with Crippen molar-refractivity contribution in [2.75, 3.05) is 5.32 Å². The average molecular weight is 462 g/mol. The monoisotopic (exact) mass is 461 g/mol. The minimum absolute atomic E-state index is 0.0242. The molecule has 11 heteroatoms. The van der Waals surface area contributed by atoms with Gasteiger partial charge in [0.25, 0.3) is 0 Å². The van der Waals surface area contributed by atoms with E-state index in [-0.39, 0.29) is 12.1 Å². The lowest BCUT2D eigenvalue weighted by molar-refractivity contribution is -0.137. The van der Waals surface area contributed by atoms with Crippen molar-refractivity contribution in [3.05, 3.63) is 71.3 Å². The van der Waals surface area contributed by atoms with Crippen molar-refractivity contribution in [1.29, 1.82) is 0 Å². The van der Waals surface area contributed by atoms with Crippen LogP contribution in [-0.2, 0) is 17.4 Å². The molecule has 0 radical (unpaired) electrons. The fraction of sp³-hybridized carbons (Fsp3) is 0.143. The summed E-state index contributed by atoms with van der Waals surface area (Å²) in [5.74, 6) is 0.386. The summed E-state index contributed by atoms with van der Waals surface area (Å²) in [6, 6.07) is 10.3. The van der Waals surface area contributed by atoms with Gasteiger partial charge in [0.05, 0.1) is 16.9 Å². The van der Waals surface area contributed by atoms with Gasteiger partial charge in [-0.25, -0.2) is 9.97 Å². The van der Waals surface area contributed by atoms with Crippen LogP contribution in [0.15, 0.2) is 55.1 Å². The molecule has 0 saturated heterocycles. The highest BCUT2D eigenvalue weighted by atomic mass is 35.5. The first-order chi connectivity index (χ1) is 15.3. The first kappa shape index (κ1) is 21.6. The van der Waals surface area contributed by atoms with Gasteiger partial charge in [0.1, 0.15) is 17.6 Å². The summed E-state index contributed by atoms with van der Waals surface area (Å²) in [4.78, 5) is 27.3. The Kier molecular flexibility index (Phi) is 5.95. The molecule has 2 aromatic heterocycles. The molecule has 2 N–H and O–H groups in total. The largest absolute Gasteiger partial charge is 0.437 e. The molecular formula is C21H15ClF3N5O2. The highest BCUT2D eigenvalue weighted by molar-refractivity contribution is 6.31. The summed E-state index contributed by atoms with van der Waals surface area (Å²) in [5.41, 5.74) is 0.853. The number of carbonyl (C=O) groups is 1. The highest BCUT2D eigenvalue weighted by Gasteiger charge is 2.33. The number of alkyl halides is 3. The molecule has 4 rings (SSSR count). The third-order valence-electron chi connectivity index (χ3n) is 4.50. The molecule has 1 amide bonds. The van der Waals surface area contributed by atoms with Crippen LogP contribution in [0.4, 0.5) is 18.9 Å². The van der Waals surface area contributed by atoms with Crippen LogP contribution in [0.25, 0.3) is 11.2 Å². The zero-order valence-electron chi connectivity index (χ0n) is 16.3. The summed E-state index contributed by atoms with van der Waals surface area (Å²) in [5, 5.41) is 2.04. The quantitative estimate of drug-likeness (QED) is 0.401. The van der Waals surface area contributed by atoms with Crippen LogP contribution in [0, 0.1) is 0 Å². The molecule has 0 spiro atoms. The highest BCUT2D eigenvalue weighted by Crippen LogP contribution is 2.36. The molecule has 164 valence electrons. The number of aromatic amines is 1. The molecule has 7 nitrogen and oxygen atoms in total. The fourth-order valence-electron chi connectivity index (χ4n) is 3.00. The molecule has 32 heavy (non-hydrogen) atoms. The van der Waals surface area contributed by atoms with Gasteiger partial charge in [-0.05, 0) is 42.3 Å². The fourth-order valence-corrected chi connectivity index (χ4v) is 3.22. The number of imidazole rings is 1. The Morgan fingerprint density at radius 1 is 1.12 bits per heavy atom. The normalized spacial score (nSPS) is 11.5. The lowest BCUT2D eigenvalue weighted by Crippen LogP contribution is -2.14. The van der Waals surface area contributed by atoms with Crippen molar-refractivity contribution in [1.82, 2.24) is 19.9 Å². The number of hydrogen-bond donors (Lipinski definition) is 2. The number of aryl methyl sites for hydroxylation is 1. The molecule has 0 aliphatic heterocycles. The van der Waals surface area contributed by atoms with E-state index in [9.17, 15) is 18.0 Å². The number of nitrogens with one attached hydrogen (secondary N) is 2. The average Bonchev–Trinajstić information content (AvgIpc) is 3.23. The Balaban J connectivity index is 1.39. The maximum atomic E-state index is 13.0. The minimum Gasteiger partial charge on any atom is -0.437 e. The molecular weight excluding hydrogens is 447 g/mol. The number of fused-ring (bicyclic) bond motifs is 1.